The first kappa shape index (κ1) is 32.9. The van der Waals surface area contributed by atoms with Crippen molar-refractivity contribution in [3.05, 3.63) is 0 Å². The van der Waals surface area contributed by atoms with Crippen LogP contribution in [0.4, 0.5) is 0 Å². The number of amides is 2. The molecule has 2 rings (SSSR count). The highest BCUT2D eigenvalue weighted by Crippen LogP contribution is 2.27. The molecule has 2 aliphatic rings. The Bertz CT molecular complexity index is 693. The van der Waals surface area contributed by atoms with Crippen LogP contribution in [0.5, 0.6) is 0 Å². The summed E-state index contributed by atoms with van der Waals surface area (Å²) >= 11 is 0. The first-order valence-electron chi connectivity index (χ1n) is 14.2. The summed E-state index contributed by atoms with van der Waals surface area (Å²) in [7, 11) is 0. The molecule has 2 fully saturated rings. The predicted octanol–water partition coefficient (Wildman–Crippen LogP) is 0.702. The fourth-order valence-corrected chi connectivity index (χ4v) is 5.05. The summed E-state index contributed by atoms with van der Waals surface area (Å²) in [5.74, 6) is -0.349. The second-order valence-electron chi connectivity index (χ2n) is 10.8. The maximum absolute atomic E-state index is 12.6. The van der Waals surface area contributed by atoms with Gasteiger partial charge in [-0.25, -0.2) is 0 Å². The van der Waals surface area contributed by atoms with Crippen molar-refractivity contribution >= 4 is 11.8 Å². The highest BCUT2D eigenvalue weighted by Gasteiger charge is 2.42. The monoisotopic (exact) mass is 546 g/mol. The average Bonchev–Trinajstić information content (AvgIpc) is 3.30. The van der Waals surface area contributed by atoms with Gasteiger partial charge in [-0.15, -0.1) is 0 Å². The number of carbonyl (C=O) groups excluding carboxylic acids is 2. The zero-order valence-electron chi connectivity index (χ0n) is 23.3. The van der Waals surface area contributed by atoms with Crippen LogP contribution in [0.15, 0.2) is 0 Å². The summed E-state index contributed by atoms with van der Waals surface area (Å²) in [6, 6.07) is -0.165. The zero-order valence-corrected chi connectivity index (χ0v) is 23.3. The normalized spacial score (nSPS) is 29.7. The first-order valence-corrected chi connectivity index (χ1v) is 14.2. The van der Waals surface area contributed by atoms with Gasteiger partial charge in [0.15, 0.2) is 6.29 Å². The van der Waals surface area contributed by atoms with Crippen LogP contribution >= 0.6 is 0 Å². The molecule has 0 aromatic carbocycles. The molecule has 0 saturated carbocycles. The van der Waals surface area contributed by atoms with Crippen molar-refractivity contribution < 1.29 is 44.2 Å². The molecule has 0 aromatic heterocycles. The third-order valence-corrected chi connectivity index (χ3v) is 7.28. The SMILES string of the molecule is CC(C)O[C@@H]1C[C@@H](CO)N(C(=O)CCCCCNC(=O)CCCCCO[C@@H]2OC(CO)C(O)[C@H](O)C2C)C1. The van der Waals surface area contributed by atoms with Gasteiger partial charge in [0.25, 0.3) is 0 Å². The smallest absolute Gasteiger partial charge is 0.222 e. The molecule has 2 aliphatic heterocycles. The molecule has 2 saturated heterocycles. The molecule has 11 heteroatoms. The minimum absolute atomic E-state index is 0.00757. The van der Waals surface area contributed by atoms with Crippen molar-refractivity contribution in [2.75, 3.05) is 32.9 Å². The van der Waals surface area contributed by atoms with E-state index in [4.69, 9.17) is 14.2 Å². The Morgan fingerprint density at radius 3 is 2.39 bits per heavy atom. The third-order valence-electron chi connectivity index (χ3n) is 7.28. The van der Waals surface area contributed by atoms with E-state index < -0.39 is 37.1 Å². The predicted molar refractivity (Wildman–Crippen MR) is 140 cm³/mol. The molecule has 7 atom stereocenters. The summed E-state index contributed by atoms with van der Waals surface area (Å²) in [6.07, 6.45) is 2.59. The third kappa shape index (κ3) is 10.7. The van der Waals surface area contributed by atoms with E-state index in [2.05, 4.69) is 5.32 Å². The van der Waals surface area contributed by atoms with Crippen molar-refractivity contribution in [1.29, 1.82) is 0 Å². The lowest BCUT2D eigenvalue weighted by Crippen LogP contribution is -2.55. The second-order valence-corrected chi connectivity index (χ2v) is 10.8. The maximum Gasteiger partial charge on any atom is 0.222 e. The summed E-state index contributed by atoms with van der Waals surface area (Å²) < 4.78 is 17.0. The van der Waals surface area contributed by atoms with Gasteiger partial charge in [0.2, 0.25) is 11.8 Å². The summed E-state index contributed by atoms with van der Waals surface area (Å²) in [5, 5.41) is 41.7. The molecular weight excluding hydrogens is 496 g/mol. The number of hydrogen-bond donors (Lipinski definition) is 5. The molecule has 0 spiro atoms. The maximum atomic E-state index is 12.6. The largest absolute Gasteiger partial charge is 0.394 e. The minimum atomic E-state index is -1.14. The Morgan fingerprint density at radius 1 is 1.00 bits per heavy atom. The molecule has 2 amide bonds. The van der Waals surface area contributed by atoms with Crippen LogP contribution < -0.4 is 5.32 Å². The molecule has 0 aromatic rings. The number of nitrogens with one attached hydrogen (secondary N) is 1. The van der Waals surface area contributed by atoms with Crippen LogP contribution in [0.25, 0.3) is 0 Å². The highest BCUT2D eigenvalue weighted by atomic mass is 16.7. The van der Waals surface area contributed by atoms with Gasteiger partial charge in [0, 0.05) is 38.5 Å². The standard InChI is InChI=1S/C27H50N2O9/c1-18(2)37-21-14-20(16-30)29(15-21)24(33)11-7-4-8-12-28-23(32)10-6-5-9-13-36-27-19(3)25(34)26(35)22(17-31)38-27/h18-22,25-27,30-31,34-35H,4-17H2,1-3H3,(H,28,32)/t19?,20-,21+,22?,25+,26?,27+/m0/s1. The van der Waals surface area contributed by atoms with Crippen LogP contribution in [0.2, 0.25) is 0 Å². The number of likely N-dealkylation sites (tertiary alicyclic amines) is 1. The van der Waals surface area contributed by atoms with Crippen LogP contribution in [0.1, 0.15) is 78.6 Å². The molecule has 2 heterocycles. The number of ether oxygens (including phenoxy) is 3. The molecule has 0 aliphatic carbocycles. The van der Waals surface area contributed by atoms with E-state index in [0.29, 0.717) is 39.0 Å². The van der Waals surface area contributed by atoms with Crippen LogP contribution in [0.3, 0.4) is 0 Å². The van der Waals surface area contributed by atoms with Gasteiger partial charge in [-0.3, -0.25) is 9.59 Å². The molecule has 38 heavy (non-hydrogen) atoms. The fourth-order valence-electron chi connectivity index (χ4n) is 5.05. The van der Waals surface area contributed by atoms with E-state index in [0.717, 1.165) is 38.5 Å². The summed E-state index contributed by atoms with van der Waals surface area (Å²) in [5.41, 5.74) is 0. The Labute approximate surface area is 226 Å². The van der Waals surface area contributed by atoms with Crippen molar-refractivity contribution in [2.24, 2.45) is 5.92 Å². The lowest BCUT2D eigenvalue weighted by molar-refractivity contribution is -0.282. The Kier molecular flexibility index (Phi) is 15.0. The number of nitrogens with zero attached hydrogens (tertiary/aromatic N) is 1. The number of carbonyl (C=O) groups is 2. The lowest BCUT2D eigenvalue weighted by atomic mass is 9.92. The summed E-state index contributed by atoms with van der Waals surface area (Å²) in [6.45, 7) is 6.75. The molecular formula is C27H50N2O9. The van der Waals surface area contributed by atoms with Gasteiger partial charge in [0.1, 0.15) is 12.2 Å². The molecule has 0 radical (unpaired) electrons. The Morgan fingerprint density at radius 2 is 1.71 bits per heavy atom. The van der Waals surface area contributed by atoms with E-state index in [-0.39, 0.29) is 36.7 Å². The van der Waals surface area contributed by atoms with Gasteiger partial charge < -0.3 is 44.9 Å². The van der Waals surface area contributed by atoms with E-state index in [9.17, 15) is 30.0 Å². The number of hydrogen-bond acceptors (Lipinski definition) is 9. The topological polar surface area (TPSA) is 158 Å². The van der Waals surface area contributed by atoms with Gasteiger partial charge in [-0.1, -0.05) is 19.8 Å². The Hall–Kier alpha value is -1.34. The first-order chi connectivity index (χ1) is 18.2. The number of aliphatic hydroxyl groups is 4. The van der Waals surface area contributed by atoms with Crippen molar-refractivity contribution in [3.8, 4) is 0 Å². The molecule has 3 unspecified atom stereocenters. The minimum Gasteiger partial charge on any atom is -0.394 e. The van der Waals surface area contributed by atoms with Gasteiger partial charge in [-0.2, -0.15) is 0 Å². The lowest BCUT2D eigenvalue weighted by Gasteiger charge is -2.40. The molecule has 5 N–H and O–H groups in total. The van der Waals surface area contributed by atoms with Crippen molar-refractivity contribution in [1.82, 2.24) is 10.2 Å². The van der Waals surface area contributed by atoms with E-state index in [1.54, 1.807) is 11.8 Å². The molecule has 0 bridgehead atoms. The highest BCUT2D eigenvalue weighted by molar-refractivity contribution is 5.77. The number of rotatable bonds is 17. The van der Waals surface area contributed by atoms with Crippen molar-refractivity contribution in [3.63, 3.8) is 0 Å². The van der Waals surface area contributed by atoms with Crippen molar-refractivity contribution in [2.45, 2.75) is 121 Å². The molecule has 222 valence electrons. The average molecular weight is 547 g/mol. The van der Waals surface area contributed by atoms with E-state index >= 15 is 0 Å². The Balaban J connectivity index is 1.47. The van der Waals surface area contributed by atoms with Gasteiger partial charge in [0.05, 0.1) is 37.6 Å². The molecule has 11 nitrogen and oxygen atoms in total. The quantitative estimate of drug-likeness (QED) is 0.166. The fraction of sp³-hybridized carbons (Fsp3) is 0.926. The van der Waals surface area contributed by atoms with Crippen LogP contribution in [-0.4, -0.2) is 113 Å². The number of aliphatic hydroxyl groups excluding tert-OH is 4. The van der Waals surface area contributed by atoms with Crippen LogP contribution in [-0.2, 0) is 23.8 Å². The number of unbranched alkanes of at least 4 members (excludes halogenated alkanes) is 4. The zero-order chi connectivity index (χ0) is 28.1. The second kappa shape index (κ2) is 17.4. The van der Waals surface area contributed by atoms with Crippen LogP contribution in [0, 0.1) is 5.92 Å². The van der Waals surface area contributed by atoms with E-state index in [1.165, 1.54) is 0 Å². The summed E-state index contributed by atoms with van der Waals surface area (Å²) in [4.78, 5) is 26.4. The van der Waals surface area contributed by atoms with E-state index in [1.807, 2.05) is 13.8 Å². The van der Waals surface area contributed by atoms with Gasteiger partial charge >= 0.3 is 0 Å². The van der Waals surface area contributed by atoms with Gasteiger partial charge in [-0.05, 0) is 46.0 Å².